The minimum Gasteiger partial charge on any atom is -0.329 e. The molecular weight excluding hydrogens is 319 g/mol. The highest BCUT2D eigenvalue weighted by Crippen LogP contribution is 2.48. The lowest BCUT2D eigenvalue weighted by molar-refractivity contribution is -0.124. The van der Waals surface area contributed by atoms with E-state index in [1.54, 1.807) is 6.07 Å². The molecule has 3 N–H and O–H groups in total. The molecule has 5 nitrogen and oxygen atoms in total. The van der Waals surface area contributed by atoms with Gasteiger partial charge in [-0.15, -0.1) is 0 Å². The first-order valence-corrected chi connectivity index (χ1v) is 7.53. The van der Waals surface area contributed by atoms with Crippen molar-refractivity contribution in [2.24, 2.45) is 19.9 Å². The lowest BCUT2D eigenvalue weighted by Crippen LogP contribution is -2.39. The van der Waals surface area contributed by atoms with Crippen molar-refractivity contribution in [3.8, 4) is 0 Å². The van der Waals surface area contributed by atoms with E-state index in [1.807, 2.05) is 13.8 Å². The van der Waals surface area contributed by atoms with Gasteiger partial charge in [0.25, 0.3) is 0 Å². The molecule has 20 heavy (non-hydrogen) atoms. The Bertz CT molecular complexity index is 637. The number of nitrogens with one attached hydrogen (secondary N) is 1. The van der Waals surface area contributed by atoms with Crippen LogP contribution < -0.4 is 11.1 Å². The molecule has 0 radical (unpaired) electrons. The Balaban J connectivity index is 2.39. The Hall–Kier alpha value is -0.950. The topological polar surface area (TPSA) is 79.8 Å². The third-order valence-corrected chi connectivity index (χ3v) is 4.58. The number of nitrogens with zero attached hydrogens (tertiary/aromatic N) is 2. The van der Waals surface area contributed by atoms with Crippen molar-refractivity contribution in [3.05, 3.63) is 16.1 Å². The second-order valence-electron chi connectivity index (χ2n) is 4.75. The van der Waals surface area contributed by atoms with E-state index in [4.69, 9.17) is 28.9 Å². The molecule has 0 bridgehead atoms. The van der Waals surface area contributed by atoms with E-state index < -0.39 is 5.41 Å². The van der Waals surface area contributed by atoms with Crippen LogP contribution in [0, 0.1) is 5.41 Å². The van der Waals surface area contributed by atoms with E-state index in [0.29, 0.717) is 33.5 Å². The molecule has 0 aromatic heterocycles. The Morgan fingerprint density at radius 1 is 1.40 bits per heavy atom. The number of carbonyl (C=O) groups excluding carboxylic acids is 1. The van der Waals surface area contributed by atoms with Crippen molar-refractivity contribution in [1.29, 1.82) is 0 Å². The maximum atomic E-state index is 12.4. The first-order chi connectivity index (χ1) is 9.42. The minimum absolute atomic E-state index is 0.193. The highest BCUT2D eigenvalue weighted by atomic mass is 35.5. The third-order valence-electron chi connectivity index (χ3n) is 3.46. The van der Waals surface area contributed by atoms with Gasteiger partial charge in [0.05, 0.1) is 32.5 Å². The van der Waals surface area contributed by atoms with Crippen molar-refractivity contribution in [1.82, 2.24) is 0 Å². The van der Waals surface area contributed by atoms with Gasteiger partial charge in [-0.2, -0.15) is 8.73 Å². The van der Waals surface area contributed by atoms with Crippen LogP contribution in [0.2, 0.25) is 10.0 Å². The summed E-state index contributed by atoms with van der Waals surface area (Å²) in [4.78, 5) is 12.4. The largest absolute Gasteiger partial charge is 0.329 e. The summed E-state index contributed by atoms with van der Waals surface area (Å²) in [5, 5.41) is 3.55. The maximum absolute atomic E-state index is 12.4. The second-order valence-corrected chi connectivity index (χ2v) is 6.09. The molecule has 0 saturated carbocycles. The van der Waals surface area contributed by atoms with Crippen LogP contribution in [0.3, 0.4) is 0 Å². The highest BCUT2D eigenvalue weighted by Gasteiger charge is 2.31. The van der Waals surface area contributed by atoms with Crippen molar-refractivity contribution >= 4 is 57.5 Å². The monoisotopic (exact) mass is 332 g/mol. The number of amides is 1. The molecule has 1 heterocycles. The molecule has 0 fully saturated rings. The first kappa shape index (κ1) is 15.4. The molecule has 1 atom stereocenters. The van der Waals surface area contributed by atoms with Crippen molar-refractivity contribution in [3.63, 3.8) is 0 Å². The molecule has 0 aliphatic carbocycles. The number of hydrogen-bond donors (Lipinski definition) is 2. The van der Waals surface area contributed by atoms with Crippen LogP contribution in [0.25, 0.3) is 0 Å². The molecule has 1 aliphatic rings. The Labute approximate surface area is 130 Å². The molecule has 2 rings (SSSR count). The molecule has 1 unspecified atom stereocenters. The van der Waals surface area contributed by atoms with Crippen LogP contribution in [0.1, 0.15) is 20.3 Å². The van der Waals surface area contributed by atoms with Crippen molar-refractivity contribution in [2.75, 3.05) is 11.9 Å². The van der Waals surface area contributed by atoms with Crippen molar-refractivity contribution in [2.45, 2.75) is 20.3 Å². The van der Waals surface area contributed by atoms with Crippen LogP contribution in [-0.2, 0) is 16.1 Å². The van der Waals surface area contributed by atoms with Gasteiger partial charge in [-0.25, -0.2) is 0 Å². The first-order valence-electron chi connectivity index (χ1n) is 6.04. The van der Waals surface area contributed by atoms with Crippen molar-refractivity contribution < 1.29 is 4.79 Å². The predicted octanol–water partition coefficient (Wildman–Crippen LogP) is 4.03. The molecule has 0 spiro atoms. The summed E-state index contributed by atoms with van der Waals surface area (Å²) in [5.74, 6) is -0.193. The Kier molecular flexibility index (Phi) is 4.49. The molecule has 1 aliphatic heterocycles. The fourth-order valence-corrected chi connectivity index (χ4v) is 2.81. The average Bonchev–Trinajstić information content (AvgIpc) is 2.92. The van der Waals surface area contributed by atoms with Gasteiger partial charge >= 0.3 is 0 Å². The quantitative estimate of drug-likeness (QED) is 0.886. The van der Waals surface area contributed by atoms with Crippen LogP contribution in [0.5, 0.6) is 0 Å². The number of fused-ring (bicyclic) bond motifs is 1. The molecule has 1 amide bonds. The number of rotatable bonds is 4. The zero-order valence-corrected chi connectivity index (χ0v) is 13.4. The number of halogens is 2. The summed E-state index contributed by atoms with van der Waals surface area (Å²) in [6.45, 7) is 3.97. The second kappa shape index (κ2) is 5.81. The van der Waals surface area contributed by atoms with Gasteiger partial charge in [-0.05, 0) is 19.4 Å². The molecule has 108 valence electrons. The number of nitrogens with two attached hydrogens (primary N) is 1. The number of hydrogen-bond acceptors (Lipinski definition) is 4. The van der Waals surface area contributed by atoms with Crippen LogP contribution in [0.4, 0.5) is 17.1 Å². The van der Waals surface area contributed by atoms with Gasteiger partial charge in [0.1, 0.15) is 11.4 Å². The fourth-order valence-electron chi connectivity index (χ4n) is 1.66. The fraction of sp³-hybridized carbons (Fsp3) is 0.417. The lowest BCUT2D eigenvalue weighted by Gasteiger charge is -2.25. The number of anilines is 1. The Morgan fingerprint density at radius 3 is 2.65 bits per heavy atom. The minimum atomic E-state index is -0.654. The molecule has 1 aromatic rings. The summed E-state index contributed by atoms with van der Waals surface area (Å²) >= 11 is 13.2. The Morgan fingerprint density at radius 2 is 2.05 bits per heavy atom. The zero-order chi connectivity index (χ0) is 14.9. The zero-order valence-electron chi connectivity index (χ0n) is 11.0. The molecule has 8 heteroatoms. The van der Waals surface area contributed by atoms with E-state index in [2.05, 4.69) is 14.0 Å². The van der Waals surface area contributed by atoms with Crippen LogP contribution >= 0.6 is 23.2 Å². The van der Waals surface area contributed by atoms with Gasteiger partial charge in [0.2, 0.25) is 5.91 Å². The van der Waals surface area contributed by atoms with Gasteiger partial charge in [-0.3, -0.25) is 4.79 Å². The smallest absolute Gasteiger partial charge is 0.231 e. The van der Waals surface area contributed by atoms with E-state index in [-0.39, 0.29) is 12.5 Å². The van der Waals surface area contributed by atoms with E-state index >= 15 is 0 Å². The van der Waals surface area contributed by atoms with Crippen LogP contribution in [0.15, 0.2) is 14.8 Å². The summed E-state index contributed by atoms with van der Waals surface area (Å²) in [5.41, 5.74) is 6.49. The summed E-state index contributed by atoms with van der Waals surface area (Å²) in [7, 11) is 0. The summed E-state index contributed by atoms with van der Waals surface area (Å²) in [6.07, 6.45) is 0.624. The molecular formula is C12H14Cl2N4OS. The highest BCUT2D eigenvalue weighted by molar-refractivity contribution is 7.58. The SMILES string of the molecule is CCC(C)(CN)C(=O)Nc1c(Cl)cc(Cl)c2c1N=S=N2. The summed E-state index contributed by atoms with van der Waals surface area (Å²) < 4.78 is 8.24. The lowest BCUT2D eigenvalue weighted by atomic mass is 9.86. The maximum Gasteiger partial charge on any atom is 0.231 e. The standard InChI is InChI=1S/C12H14Cl2N4OS/c1-3-12(2,5-15)11(19)16-8-6(13)4-7(14)9-10(8)18-20-17-9/h4H,3,5,15H2,1-2H3,(H,16,19). The van der Waals surface area contributed by atoms with Gasteiger partial charge in [-0.1, -0.05) is 30.1 Å². The molecule has 1 aromatic carbocycles. The van der Waals surface area contributed by atoms with E-state index in [1.165, 1.54) is 0 Å². The van der Waals surface area contributed by atoms with Gasteiger partial charge in [0, 0.05) is 6.54 Å². The number of benzene rings is 1. The predicted molar refractivity (Wildman–Crippen MR) is 84.1 cm³/mol. The van der Waals surface area contributed by atoms with E-state index in [9.17, 15) is 4.79 Å². The average molecular weight is 333 g/mol. The molecule has 0 saturated heterocycles. The normalized spacial score (nSPS) is 15.4. The third kappa shape index (κ3) is 2.61. The van der Waals surface area contributed by atoms with Gasteiger partial charge in [0.15, 0.2) is 0 Å². The number of carbonyl (C=O) groups is 1. The van der Waals surface area contributed by atoms with Gasteiger partial charge < -0.3 is 11.1 Å². The van der Waals surface area contributed by atoms with Crippen LogP contribution in [-0.4, -0.2) is 12.5 Å². The summed E-state index contributed by atoms with van der Waals surface area (Å²) in [6, 6.07) is 1.55. The van der Waals surface area contributed by atoms with E-state index in [0.717, 1.165) is 11.4 Å².